The van der Waals surface area contributed by atoms with Crippen LogP contribution in [0.25, 0.3) is 21.9 Å². The minimum absolute atomic E-state index is 0.264. The predicted molar refractivity (Wildman–Crippen MR) is 77.2 cm³/mol. The molecule has 100 valence electrons. The quantitative estimate of drug-likeness (QED) is 0.763. The van der Waals surface area contributed by atoms with Crippen molar-refractivity contribution in [3.63, 3.8) is 0 Å². The van der Waals surface area contributed by atoms with Crippen molar-refractivity contribution in [2.24, 2.45) is 0 Å². The zero-order valence-corrected chi connectivity index (χ0v) is 10.9. The van der Waals surface area contributed by atoms with E-state index in [1.165, 1.54) is 6.20 Å². The van der Waals surface area contributed by atoms with Crippen LogP contribution in [0, 0.1) is 0 Å². The number of aromatic nitrogens is 1. The fourth-order valence-corrected chi connectivity index (χ4v) is 2.45. The monoisotopic (exact) mass is 267 g/mol. The van der Waals surface area contributed by atoms with Gasteiger partial charge in [0, 0.05) is 23.3 Å². The Balaban J connectivity index is 2.32. The summed E-state index contributed by atoms with van der Waals surface area (Å²) in [6.45, 7) is 0. The van der Waals surface area contributed by atoms with E-state index in [1.807, 2.05) is 36.4 Å². The van der Waals surface area contributed by atoms with Gasteiger partial charge < -0.3 is 14.8 Å². The van der Waals surface area contributed by atoms with Crippen molar-refractivity contribution >= 4 is 16.7 Å². The zero-order valence-electron chi connectivity index (χ0n) is 10.9. The summed E-state index contributed by atoms with van der Waals surface area (Å²) < 4.78 is 5.35. The molecule has 20 heavy (non-hydrogen) atoms. The number of fused-ring (bicyclic) bond motifs is 1. The van der Waals surface area contributed by atoms with Crippen LogP contribution in [0.5, 0.6) is 5.75 Å². The first-order valence-electron chi connectivity index (χ1n) is 6.18. The van der Waals surface area contributed by atoms with Crippen molar-refractivity contribution in [2.45, 2.75) is 0 Å². The molecule has 0 atom stereocenters. The molecule has 0 aliphatic carbocycles. The first-order valence-corrected chi connectivity index (χ1v) is 6.18. The number of methoxy groups -OCH3 is 1. The Bertz CT molecular complexity index is 789. The van der Waals surface area contributed by atoms with Gasteiger partial charge in [-0.3, -0.25) is 0 Å². The summed E-state index contributed by atoms with van der Waals surface area (Å²) in [7, 11) is 1.63. The molecule has 0 spiro atoms. The highest BCUT2D eigenvalue weighted by Gasteiger charge is 2.15. The number of rotatable bonds is 3. The number of ether oxygens (including phenoxy) is 1. The average Bonchev–Trinajstić information content (AvgIpc) is 2.95. The molecule has 0 saturated carbocycles. The first-order chi connectivity index (χ1) is 9.72. The minimum atomic E-state index is -0.943. The molecule has 0 aliphatic rings. The molecule has 3 aromatic rings. The van der Waals surface area contributed by atoms with E-state index in [0.29, 0.717) is 5.56 Å². The van der Waals surface area contributed by atoms with Gasteiger partial charge in [0.15, 0.2) is 0 Å². The highest BCUT2D eigenvalue weighted by Crippen LogP contribution is 2.35. The van der Waals surface area contributed by atoms with Crippen LogP contribution in [-0.2, 0) is 0 Å². The third-order valence-corrected chi connectivity index (χ3v) is 3.37. The van der Waals surface area contributed by atoms with Gasteiger partial charge in [0.1, 0.15) is 5.75 Å². The van der Waals surface area contributed by atoms with Crippen molar-refractivity contribution in [1.29, 1.82) is 0 Å². The number of hydrogen-bond acceptors (Lipinski definition) is 2. The van der Waals surface area contributed by atoms with Gasteiger partial charge in [0.2, 0.25) is 0 Å². The van der Waals surface area contributed by atoms with Crippen molar-refractivity contribution in [2.75, 3.05) is 7.11 Å². The normalized spacial score (nSPS) is 10.7. The van der Waals surface area contributed by atoms with Gasteiger partial charge in [-0.2, -0.15) is 0 Å². The maximum absolute atomic E-state index is 11.3. The lowest BCUT2D eigenvalue weighted by molar-refractivity contribution is 0.0698. The molecule has 4 nitrogen and oxygen atoms in total. The summed E-state index contributed by atoms with van der Waals surface area (Å²) in [5.74, 6) is -0.169. The molecule has 2 N–H and O–H groups in total. The Hall–Kier alpha value is -2.75. The van der Waals surface area contributed by atoms with Gasteiger partial charge in [-0.25, -0.2) is 4.79 Å². The fourth-order valence-electron chi connectivity index (χ4n) is 2.45. The van der Waals surface area contributed by atoms with Crippen LogP contribution in [0.15, 0.2) is 48.8 Å². The summed E-state index contributed by atoms with van der Waals surface area (Å²) in [4.78, 5) is 14.1. The fraction of sp³-hybridized carbons (Fsp3) is 0.0625. The number of carboxylic acids is 1. The number of benzene rings is 2. The second-order valence-corrected chi connectivity index (χ2v) is 4.45. The van der Waals surface area contributed by atoms with E-state index in [1.54, 1.807) is 13.3 Å². The maximum atomic E-state index is 11.3. The van der Waals surface area contributed by atoms with E-state index in [-0.39, 0.29) is 5.56 Å². The topological polar surface area (TPSA) is 62.3 Å². The maximum Gasteiger partial charge on any atom is 0.337 e. The van der Waals surface area contributed by atoms with E-state index in [4.69, 9.17) is 4.74 Å². The van der Waals surface area contributed by atoms with E-state index in [0.717, 1.165) is 22.1 Å². The second-order valence-electron chi connectivity index (χ2n) is 4.45. The molecule has 0 fully saturated rings. The van der Waals surface area contributed by atoms with Crippen LogP contribution in [0.3, 0.4) is 0 Å². The van der Waals surface area contributed by atoms with E-state index < -0.39 is 5.97 Å². The van der Waals surface area contributed by atoms with Crippen LogP contribution in [0.2, 0.25) is 0 Å². The third-order valence-electron chi connectivity index (χ3n) is 3.37. The van der Waals surface area contributed by atoms with Crippen molar-refractivity contribution in [1.82, 2.24) is 4.98 Å². The van der Waals surface area contributed by atoms with Crippen LogP contribution in [-0.4, -0.2) is 23.2 Å². The Morgan fingerprint density at radius 3 is 2.50 bits per heavy atom. The molecule has 0 aliphatic heterocycles. The lowest BCUT2D eigenvalue weighted by Crippen LogP contribution is -1.96. The van der Waals surface area contributed by atoms with Crippen molar-refractivity contribution in [3.05, 3.63) is 54.4 Å². The van der Waals surface area contributed by atoms with Gasteiger partial charge in [-0.15, -0.1) is 0 Å². The Morgan fingerprint density at radius 1 is 1.05 bits per heavy atom. The molecule has 0 bridgehead atoms. The molecule has 0 unspecified atom stereocenters. The van der Waals surface area contributed by atoms with E-state index >= 15 is 0 Å². The number of aromatic carboxylic acids is 1. The van der Waals surface area contributed by atoms with E-state index in [2.05, 4.69) is 4.98 Å². The van der Waals surface area contributed by atoms with Crippen molar-refractivity contribution in [3.8, 4) is 16.9 Å². The standard InChI is InChI=1S/C16H13NO3/c1-20-15-7-6-11(10-4-2-3-5-12(10)15)13-8-17-9-14(13)16(18)19/h2-9,17H,1H3,(H,18,19). The Kier molecular flexibility index (Phi) is 2.91. The highest BCUT2D eigenvalue weighted by atomic mass is 16.5. The highest BCUT2D eigenvalue weighted by molar-refractivity contribution is 6.05. The largest absolute Gasteiger partial charge is 0.496 e. The van der Waals surface area contributed by atoms with E-state index in [9.17, 15) is 9.90 Å². The molecule has 4 heteroatoms. The van der Waals surface area contributed by atoms with Gasteiger partial charge in [0.05, 0.1) is 12.7 Å². The lowest BCUT2D eigenvalue weighted by atomic mass is 9.97. The molecule has 0 amide bonds. The number of nitrogens with one attached hydrogen (secondary N) is 1. The van der Waals surface area contributed by atoms with Crippen molar-refractivity contribution < 1.29 is 14.6 Å². The molecule has 1 heterocycles. The number of carbonyl (C=O) groups is 1. The summed E-state index contributed by atoms with van der Waals surface area (Å²) >= 11 is 0. The Labute approximate surface area is 115 Å². The predicted octanol–water partition coefficient (Wildman–Crippen LogP) is 3.54. The third kappa shape index (κ3) is 1.82. The van der Waals surface area contributed by atoms with Gasteiger partial charge >= 0.3 is 5.97 Å². The number of carboxylic acid groups (broad SMARTS) is 1. The second kappa shape index (κ2) is 4.74. The van der Waals surface area contributed by atoms with Crippen LogP contribution < -0.4 is 4.74 Å². The summed E-state index contributed by atoms with van der Waals surface area (Å²) in [5, 5.41) is 11.2. The molecule has 0 saturated heterocycles. The smallest absolute Gasteiger partial charge is 0.337 e. The molecule has 1 aromatic heterocycles. The molecular formula is C16H13NO3. The average molecular weight is 267 g/mol. The summed E-state index contributed by atoms with van der Waals surface area (Å²) in [6.07, 6.45) is 3.20. The summed E-state index contributed by atoms with van der Waals surface area (Å²) in [6, 6.07) is 11.5. The molecule has 3 rings (SSSR count). The lowest BCUT2D eigenvalue weighted by Gasteiger charge is -2.10. The molecule has 0 radical (unpaired) electrons. The minimum Gasteiger partial charge on any atom is -0.496 e. The number of aromatic amines is 1. The van der Waals surface area contributed by atoms with Crippen LogP contribution >= 0.6 is 0 Å². The number of H-pyrrole nitrogens is 1. The van der Waals surface area contributed by atoms with Crippen LogP contribution in [0.4, 0.5) is 0 Å². The SMILES string of the molecule is COc1ccc(-c2c[nH]cc2C(=O)O)c2ccccc12. The molecule has 2 aromatic carbocycles. The zero-order chi connectivity index (χ0) is 14.1. The Morgan fingerprint density at radius 2 is 1.80 bits per heavy atom. The van der Waals surface area contributed by atoms with Gasteiger partial charge in [-0.1, -0.05) is 24.3 Å². The number of hydrogen-bond donors (Lipinski definition) is 2. The van der Waals surface area contributed by atoms with Crippen LogP contribution in [0.1, 0.15) is 10.4 Å². The van der Waals surface area contributed by atoms with Gasteiger partial charge in [-0.05, 0) is 23.1 Å². The summed E-state index contributed by atoms with van der Waals surface area (Å²) in [5.41, 5.74) is 1.82. The first kappa shape index (κ1) is 12.3. The van der Waals surface area contributed by atoms with Gasteiger partial charge in [0.25, 0.3) is 0 Å². The molecular weight excluding hydrogens is 254 g/mol.